The molecule has 2 saturated carbocycles. The van der Waals surface area contributed by atoms with Gasteiger partial charge >= 0.3 is 0 Å². The minimum Gasteiger partial charge on any atom is -0.317 e. The molecule has 2 fully saturated rings. The van der Waals surface area contributed by atoms with E-state index >= 15 is 0 Å². The molecule has 0 heterocycles. The van der Waals surface area contributed by atoms with E-state index in [4.69, 9.17) is 0 Å². The van der Waals surface area contributed by atoms with Gasteiger partial charge in [-0.1, -0.05) is 25.7 Å². The number of hydrogen-bond acceptors (Lipinski definition) is 1. The van der Waals surface area contributed by atoms with Crippen LogP contribution in [-0.4, -0.2) is 13.1 Å². The van der Waals surface area contributed by atoms with Gasteiger partial charge in [0, 0.05) is 6.04 Å². The van der Waals surface area contributed by atoms with Gasteiger partial charge in [0.2, 0.25) is 0 Å². The Labute approximate surface area is 75.9 Å². The molecule has 2 rings (SSSR count). The summed E-state index contributed by atoms with van der Waals surface area (Å²) in [5, 5.41) is 3.46. The molecule has 1 atom stereocenters. The number of nitrogens with one attached hydrogen (secondary N) is 1. The van der Waals surface area contributed by atoms with Crippen LogP contribution in [0.3, 0.4) is 0 Å². The highest BCUT2D eigenvalue weighted by atomic mass is 14.9. The first kappa shape index (κ1) is 8.55. The summed E-state index contributed by atoms with van der Waals surface area (Å²) in [6.07, 6.45) is 10.4. The van der Waals surface area contributed by atoms with Gasteiger partial charge in [0.15, 0.2) is 0 Å². The van der Waals surface area contributed by atoms with Gasteiger partial charge in [-0.05, 0) is 38.1 Å². The quantitative estimate of drug-likeness (QED) is 0.641. The van der Waals surface area contributed by atoms with Gasteiger partial charge in [0.1, 0.15) is 0 Å². The van der Waals surface area contributed by atoms with Gasteiger partial charge in [-0.25, -0.2) is 0 Å². The van der Waals surface area contributed by atoms with Crippen molar-refractivity contribution in [2.24, 2.45) is 11.8 Å². The van der Waals surface area contributed by atoms with Gasteiger partial charge < -0.3 is 5.32 Å². The van der Waals surface area contributed by atoms with Crippen LogP contribution in [0.25, 0.3) is 0 Å². The van der Waals surface area contributed by atoms with Gasteiger partial charge in [0.05, 0.1) is 0 Å². The van der Waals surface area contributed by atoms with Crippen molar-refractivity contribution in [3.05, 3.63) is 0 Å². The lowest BCUT2D eigenvalue weighted by molar-refractivity contribution is 0.440. The maximum atomic E-state index is 3.46. The van der Waals surface area contributed by atoms with E-state index in [-0.39, 0.29) is 0 Å². The second-order valence-electron chi connectivity index (χ2n) is 4.69. The molecule has 0 aliphatic heterocycles. The van der Waals surface area contributed by atoms with Gasteiger partial charge in [-0.2, -0.15) is 0 Å². The first-order chi connectivity index (χ1) is 5.88. The molecule has 1 heteroatoms. The molecule has 2 aliphatic carbocycles. The lowest BCUT2D eigenvalue weighted by atomic mass is 10.0. The topological polar surface area (TPSA) is 12.0 Å². The predicted molar refractivity (Wildman–Crippen MR) is 52.1 cm³/mol. The van der Waals surface area contributed by atoms with Crippen molar-refractivity contribution in [2.45, 2.75) is 51.0 Å². The van der Waals surface area contributed by atoms with Crippen LogP contribution in [0, 0.1) is 11.8 Å². The highest BCUT2D eigenvalue weighted by molar-refractivity contribution is 4.81. The second-order valence-corrected chi connectivity index (χ2v) is 4.69. The van der Waals surface area contributed by atoms with Crippen LogP contribution in [0.1, 0.15) is 44.9 Å². The summed E-state index contributed by atoms with van der Waals surface area (Å²) >= 11 is 0. The largest absolute Gasteiger partial charge is 0.317 e. The molecule has 1 nitrogen and oxygen atoms in total. The van der Waals surface area contributed by atoms with E-state index in [9.17, 15) is 0 Å². The van der Waals surface area contributed by atoms with Crippen LogP contribution in [0.2, 0.25) is 0 Å². The van der Waals surface area contributed by atoms with Crippen LogP contribution in [-0.2, 0) is 0 Å². The first-order valence-electron chi connectivity index (χ1n) is 5.55. The summed E-state index contributed by atoms with van der Waals surface area (Å²) in [6.45, 7) is 0. The van der Waals surface area contributed by atoms with Gasteiger partial charge in [0.25, 0.3) is 0 Å². The summed E-state index contributed by atoms with van der Waals surface area (Å²) in [7, 11) is 2.12. The molecule has 0 bridgehead atoms. The predicted octanol–water partition coefficient (Wildman–Crippen LogP) is 2.56. The van der Waals surface area contributed by atoms with E-state index in [0.717, 1.165) is 17.9 Å². The second kappa shape index (κ2) is 3.78. The molecule has 0 aromatic carbocycles. The molecule has 70 valence electrons. The molecule has 0 radical (unpaired) electrons. The maximum Gasteiger partial charge on any atom is 0.00668 e. The third kappa shape index (κ3) is 2.78. The van der Waals surface area contributed by atoms with Crippen molar-refractivity contribution >= 4 is 0 Å². The lowest BCUT2D eigenvalue weighted by Gasteiger charge is -2.14. The van der Waals surface area contributed by atoms with Gasteiger partial charge in [-0.3, -0.25) is 0 Å². The zero-order chi connectivity index (χ0) is 8.39. The molecule has 2 aliphatic rings. The van der Waals surface area contributed by atoms with E-state index in [0.29, 0.717) is 0 Å². The molecule has 12 heavy (non-hydrogen) atoms. The Morgan fingerprint density at radius 2 is 1.83 bits per heavy atom. The Kier molecular flexibility index (Phi) is 2.69. The molecule has 0 aromatic heterocycles. The molecular formula is C11H21N. The Hall–Kier alpha value is -0.0400. The Bertz CT molecular complexity index is 136. The Morgan fingerprint density at radius 3 is 2.33 bits per heavy atom. The molecule has 1 N–H and O–H groups in total. The number of hydrogen-bond donors (Lipinski definition) is 1. The summed E-state index contributed by atoms with van der Waals surface area (Å²) in [6, 6.07) is 0.832. The third-order valence-electron chi connectivity index (χ3n) is 3.34. The Balaban J connectivity index is 1.58. The van der Waals surface area contributed by atoms with E-state index in [2.05, 4.69) is 12.4 Å². The van der Waals surface area contributed by atoms with Crippen LogP contribution in [0.4, 0.5) is 0 Å². The standard InChI is InChI=1S/C11H21N/c1-12-11(8-10-4-5-10)7-6-9-2-3-9/h9-12H,2-8H2,1H3. The molecule has 0 amide bonds. The fourth-order valence-electron chi connectivity index (χ4n) is 1.98. The monoisotopic (exact) mass is 167 g/mol. The Morgan fingerprint density at radius 1 is 1.17 bits per heavy atom. The summed E-state index contributed by atoms with van der Waals surface area (Å²) in [5.74, 6) is 2.20. The van der Waals surface area contributed by atoms with Gasteiger partial charge in [-0.15, -0.1) is 0 Å². The summed E-state index contributed by atoms with van der Waals surface area (Å²) in [5.41, 5.74) is 0. The summed E-state index contributed by atoms with van der Waals surface area (Å²) in [4.78, 5) is 0. The van der Waals surface area contributed by atoms with Crippen molar-refractivity contribution < 1.29 is 0 Å². The van der Waals surface area contributed by atoms with Crippen molar-refractivity contribution in [1.29, 1.82) is 0 Å². The van der Waals surface area contributed by atoms with E-state index < -0.39 is 0 Å². The summed E-state index contributed by atoms with van der Waals surface area (Å²) < 4.78 is 0. The van der Waals surface area contributed by atoms with E-state index in [1.54, 1.807) is 0 Å². The van der Waals surface area contributed by atoms with Crippen LogP contribution < -0.4 is 5.32 Å². The van der Waals surface area contributed by atoms with Crippen molar-refractivity contribution in [3.8, 4) is 0 Å². The fourth-order valence-corrected chi connectivity index (χ4v) is 1.98. The minimum atomic E-state index is 0.832. The molecule has 0 saturated heterocycles. The van der Waals surface area contributed by atoms with Crippen molar-refractivity contribution in [3.63, 3.8) is 0 Å². The fraction of sp³-hybridized carbons (Fsp3) is 1.00. The van der Waals surface area contributed by atoms with Crippen LogP contribution in [0.15, 0.2) is 0 Å². The molecule has 1 unspecified atom stereocenters. The van der Waals surface area contributed by atoms with Crippen LogP contribution in [0.5, 0.6) is 0 Å². The normalized spacial score (nSPS) is 25.8. The first-order valence-corrected chi connectivity index (χ1v) is 5.55. The van der Waals surface area contributed by atoms with E-state index in [1.165, 1.54) is 44.9 Å². The number of rotatable bonds is 6. The zero-order valence-electron chi connectivity index (χ0n) is 8.18. The molecule has 0 spiro atoms. The highest BCUT2D eigenvalue weighted by Crippen LogP contribution is 2.37. The van der Waals surface area contributed by atoms with E-state index in [1.807, 2.05) is 0 Å². The van der Waals surface area contributed by atoms with Crippen molar-refractivity contribution in [2.75, 3.05) is 7.05 Å². The average Bonchev–Trinajstić information content (AvgIpc) is 2.92. The maximum absolute atomic E-state index is 3.46. The zero-order valence-corrected chi connectivity index (χ0v) is 8.18. The molecular weight excluding hydrogens is 146 g/mol. The third-order valence-corrected chi connectivity index (χ3v) is 3.34. The van der Waals surface area contributed by atoms with Crippen LogP contribution >= 0.6 is 0 Å². The lowest BCUT2D eigenvalue weighted by Crippen LogP contribution is -2.25. The highest BCUT2D eigenvalue weighted by Gasteiger charge is 2.26. The average molecular weight is 167 g/mol. The minimum absolute atomic E-state index is 0.832. The van der Waals surface area contributed by atoms with Crippen molar-refractivity contribution in [1.82, 2.24) is 5.32 Å². The molecule has 0 aromatic rings. The smallest absolute Gasteiger partial charge is 0.00668 e. The SMILES string of the molecule is CNC(CCC1CC1)CC1CC1.